The molecule has 1 aromatic heterocycles. The number of rotatable bonds is 3. The van der Waals surface area contributed by atoms with Gasteiger partial charge in [0.15, 0.2) is 0 Å². The summed E-state index contributed by atoms with van der Waals surface area (Å²) in [5.74, 6) is 0.0837. The van der Waals surface area contributed by atoms with Gasteiger partial charge in [-0.1, -0.05) is 24.3 Å². The lowest BCUT2D eigenvalue weighted by atomic mass is 9.94. The zero-order valence-corrected chi connectivity index (χ0v) is 15.0. The number of benzene rings is 1. The Morgan fingerprint density at radius 2 is 2.04 bits per heavy atom. The van der Waals surface area contributed by atoms with Crippen molar-refractivity contribution < 1.29 is 4.79 Å². The standard InChI is InChI=1S/C18H23N3OS/c1-12-17(23-13(2)19-12)18(22)21(4)11-16-9-14-7-5-6-8-15(14)10-20(16)3/h5-8,16H,9-11H2,1-4H3/t16-/m0/s1. The average molecular weight is 329 g/mol. The van der Waals surface area contributed by atoms with Gasteiger partial charge in [0, 0.05) is 26.2 Å². The van der Waals surface area contributed by atoms with E-state index in [1.807, 2.05) is 25.8 Å². The Morgan fingerprint density at radius 3 is 2.70 bits per heavy atom. The highest BCUT2D eigenvalue weighted by molar-refractivity contribution is 7.13. The molecule has 5 heteroatoms. The predicted octanol–water partition coefficient (Wildman–Crippen LogP) is 2.89. The van der Waals surface area contributed by atoms with Crippen LogP contribution in [0.3, 0.4) is 0 Å². The lowest BCUT2D eigenvalue weighted by Crippen LogP contribution is -2.46. The van der Waals surface area contributed by atoms with Gasteiger partial charge >= 0.3 is 0 Å². The van der Waals surface area contributed by atoms with Crippen LogP contribution in [0.2, 0.25) is 0 Å². The van der Waals surface area contributed by atoms with Gasteiger partial charge in [0.2, 0.25) is 0 Å². The number of carbonyl (C=O) groups excluding carboxylic acids is 1. The summed E-state index contributed by atoms with van der Waals surface area (Å²) in [5, 5.41) is 0.947. The van der Waals surface area contributed by atoms with Crippen molar-refractivity contribution in [3.63, 3.8) is 0 Å². The summed E-state index contributed by atoms with van der Waals surface area (Å²) in [6.45, 7) is 5.54. The van der Waals surface area contributed by atoms with Gasteiger partial charge < -0.3 is 4.90 Å². The van der Waals surface area contributed by atoms with E-state index in [9.17, 15) is 4.79 Å². The molecule has 23 heavy (non-hydrogen) atoms. The molecule has 0 spiro atoms. The number of amides is 1. The molecule has 3 rings (SSSR count). The maximum atomic E-state index is 12.7. The van der Waals surface area contributed by atoms with Gasteiger partial charge in [-0.15, -0.1) is 11.3 Å². The van der Waals surface area contributed by atoms with Crippen molar-refractivity contribution in [3.05, 3.63) is 51.0 Å². The summed E-state index contributed by atoms with van der Waals surface area (Å²) >= 11 is 1.49. The highest BCUT2D eigenvalue weighted by atomic mass is 32.1. The Kier molecular flexibility index (Phi) is 4.50. The first kappa shape index (κ1) is 16.1. The fourth-order valence-electron chi connectivity index (χ4n) is 3.22. The molecule has 1 atom stereocenters. The summed E-state index contributed by atoms with van der Waals surface area (Å²) in [6.07, 6.45) is 0.991. The first-order valence-corrected chi connectivity index (χ1v) is 8.74. The molecule has 1 aliphatic rings. The lowest BCUT2D eigenvalue weighted by molar-refractivity contribution is 0.0737. The second kappa shape index (κ2) is 6.42. The van der Waals surface area contributed by atoms with E-state index in [4.69, 9.17) is 0 Å². The molecule has 1 aliphatic heterocycles. The molecule has 0 fully saturated rings. The number of aromatic nitrogens is 1. The third-order valence-electron chi connectivity index (χ3n) is 4.55. The normalized spacial score (nSPS) is 17.8. The van der Waals surface area contributed by atoms with Crippen molar-refractivity contribution in [3.8, 4) is 0 Å². The van der Waals surface area contributed by atoms with E-state index in [-0.39, 0.29) is 5.91 Å². The Balaban J connectivity index is 1.72. The fraction of sp³-hybridized carbons (Fsp3) is 0.444. The maximum Gasteiger partial charge on any atom is 0.265 e. The smallest absolute Gasteiger partial charge is 0.265 e. The van der Waals surface area contributed by atoms with Crippen molar-refractivity contribution in [1.82, 2.24) is 14.8 Å². The minimum atomic E-state index is 0.0837. The molecule has 2 aromatic rings. The predicted molar refractivity (Wildman–Crippen MR) is 93.9 cm³/mol. The summed E-state index contributed by atoms with van der Waals surface area (Å²) in [4.78, 5) is 22.0. The highest BCUT2D eigenvalue weighted by Crippen LogP contribution is 2.24. The summed E-state index contributed by atoms with van der Waals surface area (Å²) in [6, 6.07) is 8.94. The van der Waals surface area contributed by atoms with E-state index in [2.05, 4.69) is 41.2 Å². The monoisotopic (exact) mass is 329 g/mol. The Morgan fingerprint density at radius 1 is 1.35 bits per heavy atom. The van der Waals surface area contributed by atoms with Crippen LogP contribution < -0.4 is 0 Å². The van der Waals surface area contributed by atoms with Crippen LogP contribution in [0.25, 0.3) is 0 Å². The first-order chi connectivity index (χ1) is 11.0. The third kappa shape index (κ3) is 3.31. The molecule has 1 amide bonds. The van der Waals surface area contributed by atoms with Gasteiger partial charge in [0.1, 0.15) is 4.88 Å². The van der Waals surface area contributed by atoms with Crippen molar-refractivity contribution in [2.24, 2.45) is 0 Å². The molecule has 0 saturated carbocycles. The summed E-state index contributed by atoms with van der Waals surface area (Å²) in [7, 11) is 4.03. The second-order valence-electron chi connectivity index (χ2n) is 6.37. The van der Waals surface area contributed by atoms with Crippen LogP contribution in [0.4, 0.5) is 0 Å². The Bertz CT molecular complexity index is 725. The van der Waals surface area contributed by atoms with Crippen molar-refractivity contribution in [1.29, 1.82) is 0 Å². The van der Waals surface area contributed by atoms with Crippen molar-refractivity contribution >= 4 is 17.2 Å². The fourth-order valence-corrected chi connectivity index (χ4v) is 4.14. The van der Waals surface area contributed by atoms with Gasteiger partial charge in [-0.25, -0.2) is 4.98 Å². The summed E-state index contributed by atoms with van der Waals surface area (Å²) < 4.78 is 0. The van der Waals surface area contributed by atoms with Crippen LogP contribution >= 0.6 is 11.3 Å². The molecule has 2 heterocycles. The van der Waals surface area contributed by atoms with E-state index in [1.54, 1.807) is 0 Å². The number of hydrogen-bond acceptors (Lipinski definition) is 4. The highest BCUT2D eigenvalue weighted by Gasteiger charge is 2.26. The quantitative estimate of drug-likeness (QED) is 0.869. The minimum Gasteiger partial charge on any atom is -0.339 e. The maximum absolute atomic E-state index is 12.7. The van der Waals surface area contributed by atoms with Gasteiger partial charge in [-0.2, -0.15) is 0 Å². The first-order valence-electron chi connectivity index (χ1n) is 7.92. The zero-order valence-electron chi connectivity index (χ0n) is 14.2. The van der Waals surface area contributed by atoms with E-state index < -0.39 is 0 Å². The van der Waals surface area contributed by atoms with E-state index >= 15 is 0 Å². The number of thiazole rings is 1. The topological polar surface area (TPSA) is 36.4 Å². The van der Waals surface area contributed by atoms with Crippen LogP contribution in [-0.2, 0) is 13.0 Å². The molecule has 0 saturated heterocycles. The Labute approximate surface area is 141 Å². The van der Waals surface area contributed by atoms with Crippen molar-refractivity contribution in [2.45, 2.75) is 32.9 Å². The van der Waals surface area contributed by atoms with Crippen LogP contribution in [-0.4, -0.2) is 47.4 Å². The average Bonchev–Trinajstić information content (AvgIpc) is 2.85. The van der Waals surface area contributed by atoms with Gasteiger partial charge in [-0.3, -0.25) is 9.69 Å². The largest absolute Gasteiger partial charge is 0.339 e. The molecule has 0 unspecified atom stereocenters. The van der Waals surface area contributed by atoms with Gasteiger partial charge in [0.05, 0.1) is 10.7 Å². The van der Waals surface area contributed by atoms with Crippen molar-refractivity contribution in [2.75, 3.05) is 20.6 Å². The van der Waals surface area contributed by atoms with Gasteiger partial charge in [-0.05, 0) is 38.4 Å². The molecule has 0 radical (unpaired) electrons. The van der Waals surface area contributed by atoms with Crippen LogP contribution in [0.15, 0.2) is 24.3 Å². The van der Waals surface area contributed by atoms with Crippen LogP contribution in [0.1, 0.15) is 31.5 Å². The SMILES string of the molecule is Cc1nc(C)c(C(=O)N(C)C[C@@H]2Cc3ccccc3CN2C)s1. The number of aryl methyl sites for hydroxylation is 2. The van der Waals surface area contributed by atoms with Crippen LogP contribution in [0, 0.1) is 13.8 Å². The Hall–Kier alpha value is -1.72. The third-order valence-corrected chi connectivity index (χ3v) is 5.61. The minimum absolute atomic E-state index is 0.0837. The molecule has 1 aromatic carbocycles. The number of hydrogen-bond donors (Lipinski definition) is 0. The molecule has 0 bridgehead atoms. The van der Waals surface area contributed by atoms with E-state index in [1.165, 1.54) is 22.5 Å². The molecule has 4 nitrogen and oxygen atoms in total. The molecular weight excluding hydrogens is 306 g/mol. The zero-order chi connectivity index (χ0) is 16.6. The number of likely N-dealkylation sites (N-methyl/N-ethyl adjacent to an activating group) is 2. The van der Waals surface area contributed by atoms with Crippen LogP contribution in [0.5, 0.6) is 0 Å². The molecule has 0 aliphatic carbocycles. The molecular formula is C18H23N3OS. The molecule has 0 N–H and O–H groups in total. The lowest BCUT2D eigenvalue weighted by Gasteiger charge is -2.36. The van der Waals surface area contributed by atoms with E-state index in [0.29, 0.717) is 6.04 Å². The van der Waals surface area contributed by atoms with E-state index in [0.717, 1.165) is 35.1 Å². The number of nitrogens with zero attached hydrogens (tertiary/aromatic N) is 3. The number of fused-ring (bicyclic) bond motifs is 1. The summed E-state index contributed by atoms with van der Waals surface area (Å²) in [5.41, 5.74) is 3.64. The number of carbonyl (C=O) groups is 1. The van der Waals surface area contributed by atoms with Gasteiger partial charge in [0.25, 0.3) is 5.91 Å². The molecule has 122 valence electrons. The second-order valence-corrected chi connectivity index (χ2v) is 7.58.